The van der Waals surface area contributed by atoms with E-state index in [1.54, 1.807) is 0 Å². The second kappa shape index (κ2) is 5.72. The van der Waals surface area contributed by atoms with E-state index in [-0.39, 0.29) is 5.69 Å². The van der Waals surface area contributed by atoms with Crippen molar-refractivity contribution in [3.63, 3.8) is 0 Å². The number of halogens is 3. The van der Waals surface area contributed by atoms with Crippen molar-refractivity contribution in [2.75, 3.05) is 23.5 Å². The van der Waals surface area contributed by atoms with Crippen molar-refractivity contribution in [3.05, 3.63) is 23.8 Å². The number of piperidine rings is 1. The summed E-state index contributed by atoms with van der Waals surface area (Å²) in [6, 6.07) is 2.96. The highest BCUT2D eigenvalue weighted by Gasteiger charge is 2.33. The van der Waals surface area contributed by atoms with Crippen LogP contribution in [0.3, 0.4) is 0 Å². The summed E-state index contributed by atoms with van der Waals surface area (Å²) in [4.78, 5) is 0. The van der Waals surface area contributed by atoms with Crippen LogP contribution in [0.5, 0.6) is 0 Å². The van der Waals surface area contributed by atoms with E-state index >= 15 is 0 Å². The van der Waals surface area contributed by atoms with Crippen molar-refractivity contribution in [3.8, 4) is 0 Å². The monoisotopic (exact) mass is 323 g/mol. The standard InChI is InChI=1S/C12H16F3N3O2S/c13-12(14,15)10-8-9(4-5-11(10)16)17-21(19,20)18-6-2-1-3-7-18/h4-5,8,17H,1-3,6-7,16H2. The molecule has 0 aromatic heterocycles. The number of nitrogens with two attached hydrogens (primary N) is 1. The van der Waals surface area contributed by atoms with Gasteiger partial charge >= 0.3 is 16.4 Å². The van der Waals surface area contributed by atoms with Gasteiger partial charge in [0, 0.05) is 18.8 Å². The molecule has 0 bridgehead atoms. The molecule has 0 radical (unpaired) electrons. The van der Waals surface area contributed by atoms with Gasteiger partial charge in [0.15, 0.2) is 0 Å². The zero-order valence-electron chi connectivity index (χ0n) is 11.2. The maximum atomic E-state index is 12.7. The molecule has 1 aromatic rings. The summed E-state index contributed by atoms with van der Waals surface area (Å²) in [6.45, 7) is 0.743. The molecule has 1 aliphatic heterocycles. The Morgan fingerprint density at radius 3 is 2.33 bits per heavy atom. The lowest BCUT2D eigenvalue weighted by Gasteiger charge is -2.26. The van der Waals surface area contributed by atoms with Gasteiger partial charge in [-0.1, -0.05) is 6.42 Å². The first-order valence-corrected chi connectivity index (χ1v) is 7.89. The van der Waals surface area contributed by atoms with Crippen LogP contribution < -0.4 is 10.5 Å². The fourth-order valence-corrected chi connectivity index (χ4v) is 3.48. The predicted molar refractivity (Wildman–Crippen MR) is 73.8 cm³/mol. The molecule has 9 heteroatoms. The van der Waals surface area contributed by atoms with Crippen LogP contribution in [0.25, 0.3) is 0 Å². The number of anilines is 2. The van der Waals surface area contributed by atoms with Crippen molar-refractivity contribution in [1.82, 2.24) is 4.31 Å². The fourth-order valence-electron chi connectivity index (χ4n) is 2.18. The van der Waals surface area contributed by atoms with E-state index in [0.29, 0.717) is 19.2 Å². The van der Waals surface area contributed by atoms with Crippen molar-refractivity contribution >= 4 is 21.6 Å². The van der Waals surface area contributed by atoms with Crippen molar-refractivity contribution in [2.24, 2.45) is 0 Å². The summed E-state index contributed by atoms with van der Waals surface area (Å²) in [5.41, 5.74) is 3.63. The molecule has 0 unspecified atom stereocenters. The number of nitrogens with zero attached hydrogens (tertiary/aromatic N) is 1. The van der Waals surface area contributed by atoms with Gasteiger partial charge in [-0.25, -0.2) is 0 Å². The molecule has 0 spiro atoms. The molecular weight excluding hydrogens is 307 g/mol. The highest BCUT2D eigenvalue weighted by molar-refractivity contribution is 7.90. The van der Waals surface area contributed by atoms with Crippen LogP contribution in [0.1, 0.15) is 24.8 Å². The molecular formula is C12H16F3N3O2S. The highest BCUT2D eigenvalue weighted by Crippen LogP contribution is 2.35. The van der Waals surface area contributed by atoms with Crippen LogP contribution in [-0.4, -0.2) is 25.8 Å². The number of rotatable bonds is 3. The lowest BCUT2D eigenvalue weighted by Crippen LogP contribution is -2.39. The van der Waals surface area contributed by atoms with Gasteiger partial charge in [-0.05, 0) is 31.0 Å². The van der Waals surface area contributed by atoms with Gasteiger partial charge in [0.05, 0.1) is 11.3 Å². The van der Waals surface area contributed by atoms with Crippen LogP contribution in [0.2, 0.25) is 0 Å². The van der Waals surface area contributed by atoms with E-state index in [2.05, 4.69) is 4.72 Å². The second-order valence-electron chi connectivity index (χ2n) is 4.87. The van der Waals surface area contributed by atoms with Crippen LogP contribution >= 0.6 is 0 Å². The molecule has 1 fully saturated rings. The summed E-state index contributed by atoms with van der Waals surface area (Å²) in [6.07, 6.45) is -2.18. The lowest BCUT2D eigenvalue weighted by molar-refractivity contribution is -0.136. The molecule has 21 heavy (non-hydrogen) atoms. The highest BCUT2D eigenvalue weighted by atomic mass is 32.2. The molecule has 0 amide bonds. The molecule has 1 heterocycles. The number of benzene rings is 1. The molecule has 2 rings (SSSR count). The number of nitrogens with one attached hydrogen (secondary N) is 1. The summed E-state index contributed by atoms with van der Waals surface area (Å²) in [5, 5.41) is 0. The Labute approximate surface area is 121 Å². The van der Waals surface area contributed by atoms with Gasteiger partial charge in [0.2, 0.25) is 0 Å². The molecule has 0 atom stereocenters. The zero-order chi connectivity index (χ0) is 15.7. The predicted octanol–water partition coefficient (Wildman–Crippen LogP) is 2.43. The minimum Gasteiger partial charge on any atom is -0.398 e. The first-order valence-electron chi connectivity index (χ1n) is 6.45. The summed E-state index contributed by atoms with van der Waals surface area (Å²) >= 11 is 0. The molecule has 0 aliphatic carbocycles. The lowest BCUT2D eigenvalue weighted by atomic mass is 10.1. The van der Waals surface area contributed by atoms with Crippen molar-refractivity contribution < 1.29 is 21.6 Å². The van der Waals surface area contributed by atoms with Crippen LogP contribution in [0.4, 0.5) is 24.5 Å². The number of hydrogen-bond donors (Lipinski definition) is 2. The molecule has 118 valence electrons. The first kappa shape index (κ1) is 15.9. The summed E-state index contributed by atoms with van der Waals surface area (Å²) < 4.78 is 65.9. The molecule has 1 aliphatic rings. The molecule has 1 aromatic carbocycles. The van der Waals surface area contributed by atoms with Gasteiger partial charge in [-0.3, -0.25) is 4.72 Å². The van der Waals surface area contributed by atoms with Crippen LogP contribution in [-0.2, 0) is 16.4 Å². The Kier molecular flexibility index (Phi) is 4.33. The molecule has 5 nitrogen and oxygen atoms in total. The third-order valence-corrected chi connectivity index (χ3v) is 4.80. The van der Waals surface area contributed by atoms with Crippen LogP contribution in [0, 0.1) is 0 Å². The minimum atomic E-state index is -4.63. The fraction of sp³-hybridized carbons (Fsp3) is 0.500. The SMILES string of the molecule is Nc1ccc(NS(=O)(=O)N2CCCCC2)cc1C(F)(F)F. The van der Waals surface area contributed by atoms with Crippen molar-refractivity contribution in [2.45, 2.75) is 25.4 Å². The minimum absolute atomic E-state index is 0.151. The number of hydrogen-bond acceptors (Lipinski definition) is 3. The van der Waals surface area contributed by atoms with E-state index < -0.39 is 27.6 Å². The Morgan fingerprint density at radius 1 is 1.14 bits per heavy atom. The van der Waals surface area contributed by atoms with Gasteiger partial charge < -0.3 is 5.73 Å². The zero-order valence-corrected chi connectivity index (χ0v) is 12.0. The first-order chi connectivity index (χ1) is 9.70. The van der Waals surface area contributed by atoms with E-state index in [1.165, 1.54) is 10.4 Å². The van der Waals surface area contributed by atoms with E-state index in [4.69, 9.17) is 5.73 Å². The molecule has 1 saturated heterocycles. The van der Waals surface area contributed by atoms with E-state index in [1.807, 2.05) is 0 Å². The Morgan fingerprint density at radius 2 is 1.76 bits per heavy atom. The van der Waals surface area contributed by atoms with E-state index in [9.17, 15) is 21.6 Å². The molecule has 0 saturated carbocycles. The summed E-state index contributed by atoms with van der Waals surface area (Å²) in [7, 11) is -3.84. The second-order valence-corrected chi connectivity index (χ2v) is 6.54. The molecule has 3 N–H and O–H groups in total. The van der Waals surface area contributed by atoms with Crippen molar-refractivity contribution in [1.29, 1.82) is 0 Å². The number of alkyl halides is 3. The normalized spacial score (nSPS) is 17.7. The largest absolute Gasteiger partial charge is 0.418 e. The third-order valence-electron chi connectivity index (χ3n) is 3.26. The Bertz CT molecular complexity index is 611. The Balaban J connectivity index is 2.23. The van der Waals surface area contributed by atoms with E-state index in [0.717, 1.165) is 25.3 Å². The third kappa shape index (κ3) is 3.79. The number of nitrogen functional groups attached to an aromatic ring is 1. The topological polar surface area (TPSA) is 75.4 Å². The Hall–Kier alpha value is -1.48. The van der Waals surface area contributed by atoms with Crippen LogP contribution in [0.15, 0.2) is 18.2 Å². The van der Waals surface area contributed by atoms with Gasteiger partial charge in [0.25, 0.3) is 0 Å². The van der Waals surface area contributed by atoms with Gasteiger partial charge in [0.1, 0.15) is 0 Å². The maximum absolute atomic E-state index is 12.7. The summed E-state index contributed by atoms with van der Waals surface area (Å²) in [5.74, 6) is 0. The quantitative estimate of drug-likeness (QED) is 0.839. The average Bonchev–Trinajstić information content (AvgIpc) is 2.40. The van der Waals surface area contributed by atoms with Gasteiger partial charge in [-0.2, -0.15) is 25.9 Å². The maximum Gasteiger partial charge on any atom is 0.418 e. The van der Waals surface area contributed by atoms with Gasteiger partial charge in [-0.15, -0.1) is 0 Å². The average molecular weight is 323 g/mol. The smallest absolute Gasteiger partial charge is 0.398 e.